The molecule has 2 aromatic rings. The van der Waals surface area contributed by atoms with Crippen molar-refractivity contribution < 1.29 is 37.6 Å². The first-order valence-corrected chi connectivity index (χ1v) is 14.9. The van der Waals surface area contributed by atoms with Gasteiger partial charge in [0, 0.05) is 19.2 Å². The highest BCUT2D eigenvalue weighted by atomic mass is 31.2. The number of carbonyl (C=O) groups excluding carboxylic acids is 3. The Morgan fingerprint density at radius 3 is 2.24 bits per heavy atom. The van der Waals surface area contributed by atoms with Crippen LogP contribution in [0.5, 0.6) is 11.5 Å². The fourth-order valence-corrected chi connectivity index (χ4v) is 5.48. The molecule has 1 saturated heterocycles. The van der Waals surface area contributed by atoms with Gasteiger partial charge in [0.1, 0.15) is 30.1 Å². The minimum absolute atomic E-state index is 0.0299. The highest BCUT2D eigenvalue weighted by molar-refractivity contribution is 7.45. The summed E-state index contributed by atoms with van der Waals surface area (Å²) in [7, 11) is 1.35. The number of nitrogens with one attached hydrogen (secondary N) is 2. The summed E-state index contributed by atoms with van der Waals surface area (Å²) in [4.78, 5) is 37.1. The molecule has 1 aliphatic heterocycles. The summed E-state index contributed by atoms with van der Waals surface area (Å²) < 4.78 is 29.0. The van der Waals surface area contributed by atoms with E-state index in [0.717, 1.165) is 16.9 Å². The fraction of sp³-hybridized carbons (Fsp3) is 0.433. The van der Waals surface area contributed by atoms with Crippen LogP contribution in [0.15, 0.2) is 60.8 Å². The van der Waals surface area contributed by atoms with E-state index in [4.69, 9.17) is 23.3 Å². The van der Waals surface area contributed by atoms with Gasteiger partial charge in [-0.2, -0.15) is 0 Å². The summed E-state index contributed by atoms with van der Waals surface area (Å²) in [5.74, 6) is 0.883. The van der Waals surface area contributed by atoms with Gasteiger partial charge in [0.25, 0.3) is 0 Å². The van der Waals surface area contributed by atoms with E-state index in [1.54, 1.807) is 27.9 Å². The molecular formula is C30H40N3O8P. The Kier molecular flexibility index (Phi) is 12.7. The third kappa shape index (κ3) is 9.52. The third-order valence-corrected chi connectivity index (χ3v) is 7.71. The molecule has 1 fully saturated rings. The van der Waals surface area contributed by atoms with Gasteiger partial charge in [-0.3, -0.25) is 14.5 Å². The molecule has 0 radical (unpaired) electrons. The molecule has 0 aliphatic carbocycles. The molecule has 0 aromatic heterocycles. The lowest BCUT2D eigenvalue weighted by Gasteiger charge is -2.28. The van der Waals surface area contributed by atoms with E-state index in [-0.39, 0.29) is 24.7 Å². The maximum absolute atomic E-state index is 12.5. The van der Waals surface area contributed by atoms with Crippen molar-refractivity contribution in [3.63, 3.8) is 0 Å². The van der Waals surface area contributed by atoms with E-state index in [2.05, 4.69) is 10.4 Å². The minimum atomic E-state index is -1.79. The summed E-state index contributed by atoms with van der Waals surface area (Å²) in [6.45, 7) is 7.36. The minimum Gasteiger partial charge on any atom is -0.497 e. The predicted molar refractivity (Wildman–Crippen MR) is 160 cm³/mol. The number of amides is 2. The smallest absolute Gasteiger partial charge is 0.323 e. The number of hydrogen-bond acceptors (Lipinski definition) is 9. The van der Waals surface area contributed by atoms with E-state index < -0.39 is 32.8 Å². The van der Waals surface area contributed by atoms with E-state index in [9.17, 15) is 14.4 Å². The second kappa shape index (κ2) is 16.2. The molecule has 1 aliphatic rings. The summed E-state index contributed by atoms with van der Waals surface area (Å²) in [6.07, 6.45) is 2.64. The maximum Gasteiger partial charge on any atom is 0.323 e. The van der Waals surface area contributed by atoms with E-state index in [1.807, 2.05) is 55.5 Å². The molecule has 5 atom stereocenters. The Bertz CT molecular complexity index is 1190. The van der Waals surface area contributed by atoms with Crippen LogP contribution in [-0.4, -0.2) is 68.4 Å². The average Bonchev–Trinajstić information content (AvgIpc) is 3.35. The van der Waals surface area contributed by atoms with E-state index in [0.29, 0.717) is 18.5 Å². The van der Waals surface area contributed by atoms with Crippen molar-refractivity contribution in [1.82, 2.24) is 15.3 Å². The number of rotatable bonds is 14. The number of ether oxygens (including phenoxy) is 3. The summed E-state index contributed by atoms with van der Waals surface area (Å²) in [5.41, 5.74) is 2.03. The highest BCUT2D eigenvalue weighted by Gasteiger charge is 2.38. The van der Waals surface area contributed by atoms with Crippen molar-refractivity contribution in [2.75, 3.05) is 20.8 Å². The molecule has 228 valence electrons. The van der Waals surface area contributed by atoms with Crippen molar-refractivity contribution in [1.29, 1.82) is 0 Å². The van der Waals surface area contributed by atoms with E-state index in [1.165, 1.54) is 24.2 Å². The van der Waals surface area contributed by atoms with Gasteiger partial charge in [-0.05, 0) is 68.7 Å². The first-order valence-electron chi connectivity index (χ1n) is 13.7. The second-order valence-corrected chi connectivity index (χ2v) is 11.2. The topological polar surface area (TPSA) is 125 Å². The van der Waals surface area contributed by atoms with Gasteiger partial charge in [-0.1, -0.05) is 31.2 Å². The largest absolute Gasteiger partial charge is 0.497 e. The molecule has 1 heterocycles. The van der Waals surface area contributed by atoms with Crippen LogP contribution in [0.25, 0.3) is 11.1 Å². The lowest BCUT2D eigenvalue weighted by molar-refractivity contribution is -0.149. The lowest BCUT2D eigenvalue weighted by atomic mass is 10.1. The van der Waals surface area contributed by atoms with Crippen molar-refractivity contribution in [3.8, 4) is 22.6 Å². The zero-order chi connectivity index (χ0) is 30.6. The van der Waals surface area contributed by atoms with E-state index >= 15 is 0 Å². The van der Waals surface area contributed by atoms with Crippen LogP contribution in [0.4, 0.5) is 4.79 Å². The van der Waals surface area contributed by atoms with Gasteiger partial charge in [0.15, 0.2) is 0 Å². The van der Waals surface area contributed by atoms with Crippen LogP contribution in [-0.2, 0) is 23.6 Å². The molecule has 42 heavy (non-hydrogen) atoms. The van der Waals surface area contributed by atoms with Crippen molar-refractivity contribution >= 4 is 26.8 Å². The number of esters is 1. The van der Waals surface area contributed by atoms with Crippen LogP contribution in [0.2, 0.25) is 0 Å². The van der Waals surface area contributed by atoms with Crippen LogP contribution < -0.4 is 19.7 Å². The number of urea groups is 1. The lowest BCUT2D eigenvalue weighted by Crippen LogP contribution is -2.44. The molecule has 3 rings (SSSR count). The summed E-state index contributed by atoms with van der Waals surface area (Å²) in [6, 6.07) is 14.2. The predicted octanol–water partition coefficient (Wildman–Crippen LogP) is 5.02. The molecule has 11 nitrogen and oxygen atoms in total. The Balaban J connectivity index is 1.70. The van der Waals surface area contributed by atoms with Gasteiger partial charge in [-0.15, -0.1) is 0 Å². The van der Waals surface area contributed by atoms with Crippen LogP contribution in [0, 0.1) is 5.92 Å². The fourth-order valence-electron chi connectivity index (χ4n) is 4.26. The average molecular weight is 602 g/mol. The molecule has 0 bridgehead atoms. The zero-order valence-corrected chi connectivity index (χ0v) is 25.7. The molecule has 0 saturated carbocycles. The number of methoxy groups -OCH3 is 1. The SMILES string of the molecule is CNC(=O)N(/C=C\C=O)C1OC(COP(N[C@@H](C)C(=O)OC(C)C)Oc2ccc(-c3ccc(OC)cc3)cc2)CC1C. The van der Waals surface area contributed by atoms with Gasteiger partial charge in [0.05, 0.1) is 25.9 Å². The monoisotopic (exact) mass is 601 g/mol. The van der Waals surface area contributed by atoms with Crippen molar-refractivity contribution in [2.24, 2.45) is 5.92 Å². The Morgan fingerprint density at radius 1 is 1.07 bits per heavy atom. The normalized spacial score (nSPS) is 19.7. The Morgan fingerprint density at radius 2 is 1.69 bits per heavy atom. The van der Waals surface area contributed by atoms with Gasteiger partial charge >= 0.3 is 20.5 Å². The van der Waals surface area contributed by atoms with Gasteiger partial charge in [-0.25, -0.2) is 9.88 Å². The summed E-state index contributed by atoms with van der Waals surface area (Å²) in [5, 5.41) is 5.67. The first-order chi connectivity index (χ1) is 20.1. The molecule has 2 N–H and O–H groups in total. The van der Waals surface area contributed by atoms with Crippen LogP contribution >= 0.6 is 8.53 Å². The first kappa shape index (κ1) is 33.0. The maximum atomic E-state index is 12.5. The molecule has 2 amide bonds. The standard InChI is InChI=1S/C30H40N3O8P/c1-20(2)39-29(35)22(4)32-42(41-26-14-10-24(11-15-26)23-8-12-25(37-6)13-9-23)38-19-27-18-21(3)28(40-27)33(16-7-17-34)30(36)31-5/h7-17,20-22,27-28,32H,18-19H2,1-6H3,(H,31,36)/b16-7-/t21?,22-,27?,28?,42?/m0/s1. The van der Waals surface area contributed by atoms with Crippen molar-refractivity contribution in [3.05, 3.63) is 60.8 Å². The molecule has 4 unspecified atom stereocenters. The quantitative estimate of drug-likeness (QED) is 0.133. The molecule has 0 spiro atoms. The Hall–Kier alpha value is -3.50. The number of allylic oxidation sites excluding steroid dienone is 1. The summed E-state index contributed by atoms with van der Waals surface area (Å²) >= 11 is 0. The number of hydrogen-bond donors (Lipinski definition) is 2. The number of carbonyl (C=O) groups is 3. The second-order valence-electron chi connectivity index (χ2n) is 10.0. The van der Waals surface area contributed by atoms with Crippen LogP contribution in [0.1, 0.15) is 34.1 Å². The number of aldehydes is 1. The Labute approximate surface area is 248 Å². The van der Waals surface area contributed by atoms with Crippen molar-refractivity contribution in [2.45, 2.75) is 58.6 Å². The number of benzene rings is 2. The van der Waals surface area contributed by atoms with Crippen LogP contribution in [0.3, 0.4) is 0 Å². The molecule has 2 aromatic carbocycles. The van der Waals surface area contributed by atoms with Gasteiger partial charge in [0.2, 0.25) is 0 Å². The third-order valence-electron chi connectivity index (χ3n) is 6.35. The molecular weight excluding hydrogens is 561 g/mol. The zero-order valence-electron chi connectivity index (χ0n) is 24.8. The molecule has 12 heteroatoms. The number of nitrogens with zero attached hydrogens (tertiary/aromatic N) is 1. The highest BCUT2D eigenvalue weighted by Crippen LogP contribution is 2.39. The van der Waals surface area contributed by atoms with Gasteiger partial charge < -0.3 is 28.6 Å².